The lowest BCUT2D eigenvalue weighted by Crippen LogP contribution is -2.55. The summed E-state index contributed by atoms with van der Waals surface area (Å²) in [7, 11) is -7.77. The van der Waals surface area contributed by atoms with Crippen LogP contribution in [0.25, 0.3) is 0 Å². The van der Waals surface area contributed by atoms with E-state index in [9.17, 15) is 30.0 Å². The van der Waals surface area contributed by atoms with E-state index in [1.165, 1.54) is 0 Å². The van der Waals surface area contributed by atoms with Crippen molar-refractivity contribution in [1.29, 1.82) is 0 Å². The van der Waals surface area contributed by atoms with Crippen LogP contribution in [-0.2, 0) is 20.0 Å². The Labute approximate surface area is 114 Å². The highest BCUT2D eigenvalue weighted by atomic mass is 32.2. The Morgan fingerprint density at radius 3 is 2.15 bits per heavy atom. The lowest BCUT2D eigenvalue weighted by atomic mass is 9.96. The molecule has 0 aromatic rings. The van der Waals surface area contributed by atoms with E-state index in [0.717, 1.165) is 14.0 Å². The van der Waals surface area contributed by atoms with E-state index in [2.05, 4.69) is 0 Å². The summed E-state index contributed by atoms with van der Waals surface area (Å²) < 4.78 is 84.3. The third-order valence-corrected chi connectivity index (χ3v) is 6.59. The fourth-order valence-electron chi connectivity index (χ4n) is 1.81. The van der Waals surface area contributed by atoms with Crippen LogP contribution >= 0.6 is 0 Å². The number of hydrogen-bond acceptors (Lipinski definition) is 4. The molecule has 0 saturated heterocycles. The van der Waals surface area contributed by atoms with Gasteiger partial charge in [0.1, 0.15) is 10.00 Å². The van der Waals surface area contributed by atoms with E-state index >= 15 is 0 Å². The van der Waals surface area contributed by atoms with Crippen LogP contribution in [0.2, 0.25) is 0 Å². The lowest BCUT2D eigenvalue weighted by molar-refractivity contribution is -0.0886. The number of alkyl halides is 3. The normalized spacial score (nSPS) is 28.3. The highest BCUT2D eigenvalue weighted by Crippen LogP contribution is 2.37. The summed E-state index contributed by atoms with van der Waals surface area (Å²) in [4.78, 5) is 0. The molecule has 6 nitrogen and oxygen atoms in total. The van der Waals surface area contributed by atoms with Crippen LogP contribution in [0.5, 0.6) is 0 Å². The first-order valence-corrected chi connectivity index (χ1v) is 8.28. The van der Waals surface area contributed by atoms with Gasteiger partial charge in [0.15, 0.2) is 0 Å². The molecule has 0 heterocycles. The van der Waals surface area contributed by atoms with Gasteiger partial charge in [0.05, 0.1) is 5.57 Å². The van der Waals surface area contributed by atoms with Gasteiger partial charge >= 0.3 is 6.18 Å². The number of hydrogen-bond donors (Lipinski definition) is 2. The average molecular weight is 334 g/mol. The van der Waals surface area contributed by atoms with Gasteiger partial charge in [-0.1, -0.05) is 18.2 Å². The Morgan fingerprint density at radius 1 is 1.30 bits per heavy atom. The SMILES string of the molecule is CNS(=O)(=O)C1(C)C=CC(C(F)(F)F)=CC1S(N)(=O)=O. The van der Waals surface area contributed by atoms with Gasteiger partial charge in [0, 0.05) is 0 Å². The highest BCUT2D eigenvalue weighted by Gasteiger charge is 2.51. The molecule has 1 aliphatic carbocycles. The van der Waals surface area contributed by atoms with Crippen molar-refractivity contribution in [2.24, 2.45) is 5.14 Å². The van der Waals surface area contributed by atoms with Crippen LogP contribution < -0.4 is 9.86 Å². The van der Waals surface area contributed by atoms with Crippen LogP contribution in [0, 0.1) is 0 Å². The molecule has 3 N–H and O–H groups in total. The quantitative estimate of drug-likeness (QED) is 0.758. The molecule has 116 valence electrons. The molecule has 0 saturated carbocycles. The molecule has 20 heavy (non-hydrogen) atoms. The van der Waals surface area contributed by atoms with Gasteiger partial charge in [-0.05, 0) is 14.0 Å². The molecule has 0 aromatic heterocycles. The van der Waals surface area contributed by atoms with Gasteiger partial charge in [-0.15, -0.1) is 0 Å². The summed E-state index contributed by atoms with van der Waals surface area (Å²) in [5, 5.41) is 2.83. The standard InChI is InChI=1S/C9H13F3N2O4S2/c1-8(20(17,18)14-2)4-3-6(9(10,11)12)5-7(8)19(13,15)16/h3-5,7,14H,1-2H3,(H2,13,15,16). The number of primary sulfonamides is 1. The van der Waals surface area contributed by atoms with Crippen molar-refractivity contribution >= 4 is 20.0 Å². The van der Waals surface area contributed by atoms with E-state index in [4.69, 9.17) is 5.14 Å². The number of nitrogens with two attached hydrogens (primary N) is 1. The maximum Gasteiger partial charge on any atom is 0.416 e. The number of rotatable bonds is 3. The van der Waals surface area contributed by atoms with Crippen LogP contribution in [-0.4, -0.2) is 40.1 Å². The van der Waals surface area contributed by atoms with Crippen molar-refractivity contribution in [3.63, 3.8) is 0 Å². The molecule has 2 atom stereocenters. The number of allylic oxidation sites excluding steroid dienone is 2. The molecule has 0 bridgehead atoms. The zero-order valence-electron chi connectivity index (χ0n) is 10.5. The molecule has 0 fully saturated rings. The van der Waals surface area contributed by atoms with Gasteiger partial charge in [0.2, 0.25) is 20.0 Å². The molecule has 2 unspecified atom stereocenters. The van der Waals surface area contributed by atoms with Crippen molar-refractivity contribution in [1.82, 2.24) is 4.72 Å². The number of nitrogens with one attached hydrogen (secondary N) is 1. The minimum absolute atomic E-state index is 0.310. The van der Waals surface area contributed by atoms with Crippen molar-refractivity contribution in [2.45, 2.75) is 23.1 Å². The Kier molecular flexibility index (Phi) is 4.14. The van der Waals surface area contributed by atoms with Crippen LogP contribution in [0.1, 0.15) is 6.92 Å². The van der Waals surface area contributed by atoms with Crippen molar-refractivity contribution in [3.05, 3.63) is 23.8 Å². The van der Waals surface area contributed by atoms with Crippen molar-refractivity contribution < 1.29 is 30.0 Å². The minimum atomic E-state index is -4.80. The van der Waals surface area contributed by atoms with Gasteiger partial charge in [-0.25, -0.2) is 26.7 Å². The molecule has 1 aliphatic rings. The number of halogens is 3. The third-order valence-electron chi connectivity index (χ3n) is 3.02. The molecule has 1 rings (SSSR count). The Morgan fingerprint density at radius 2 is 1.80 bits per heavy atom. The third kappa shape index (κ3) is 2.90. The van der Waals surface area contributed by atoms with E-state index in [0.29, 0.717) is 18.2 Å². The molecule has 0 aromatic carbocycles. The van der Waals surface area contributed by atoms with Crippen LogP contribution in [0.4, 0.5) is 13.2 Å². The maximum atomic E-state index is 12.6. The molecular weight excluding hydrogens is 321 g/mol. The molecule has 0 spiro atoms. The fourth-order valence-corrected chi connectivity index (χ4v) is 4.72. The Hall–Kier alpha value is -0.910. The summed E-state index contributed by atoms with van der Waals surface area (Å²) in [6.45, 7) is 0.980. The van der Waals surface area contributed by atoms with Crippen LogP contribution in [0.3, 0.4) is 0 Å². The molecule has 0 amide bonds. The molecule has 0 aliphatic heterocycles. The van der Waals surface area contributed by atoms with Crippen molar-refractivity contribution in [3.8, 4) is 0 Å². The summed E-state index contributed by atoms with van der Waals surface area (Å²) in [5.74, 6) is 0. The second-order valence-electron chi connectivity index (χ2n) is 4.35. The molecule has 0 radical (unpaired) electrons. The van der Waals surface area contributed by atoms with E-state index < -0.39 is 41.8 Å². The van der Waals surface area contributed by atoms with Gasteiger partial charge in [-0.3, -0.25) is 0 Å². The van der Waals surface area contributed by atoms with Gasteiger partial charge in [0.25, 0.3) is 0 Å². The van der Waals surface area contributed by atoms with E-state index in [1.54, 1.807) is 0 Å². The smallest absolute Gasteiger partial charge is 0.228 e. The van der Waals surface area contributed by atoms with E-state index in [1.807, 2.05) is 4.72 Å². The molecular formula is C9H13F3N2O4S2. The van der Waals surface area contributed by atoms with Crippen molar-refractivity contribution in [2.75, 3.05) is 7.05 Å². The minimum Gasteiger partial charge on any atom is -0.228 e. The van der Waals surface area contributed by atoms with E-state index in [-0.39, 0.29) is 0 Å². The second kappa shape index (κ2) is 4.83. The highest BCUT2D eigenvalue weighted by molar-refractivity contribution is 7.94. The summed E-state index contributed by atoms with van der Waals surface area (Å²) in [6, 6.07) is 0. The zero-order chi connectivity index (χ0) is 16.0. The Balaban J connectivity index is 3.56. The zero-order valence-corrected chi connectivity index (χ0v) is 12.1. The van der Waals surface area contributed by atoms with Gasteiger partial charge in [-0.2, -0.15) is 13.2 Å². The van der Waals surface area contributed by atoms with Gasteiger partial charge < -0.3 is 0 Å². The maximum absolute atomic E-state index is 12.6. The Bertz CT molecular complexity index is 664. The first-order chi connectivity index (χ1) is 8.75. The first kappa shape index (κ1) is 17.1. The monoisotopic (exact) mass is 334 g/mol. The average Bonchev–Trinajstić information content (AvgIpc) is 2.26. The first-order valence-electron chi connectivity index (χ1n) is 5.18. The summed E-state index contributed by atoms with van der Waals surface area (Å²) >= 11 is 0. The fraction of sp³-hybridized carbons (Fsp3) is 0.556. The second-order valence-corrected chi connectivity index (χ2v) is 8.33. The largest absolute Gasteiger partial charge is 0.416 e. The predicted octanol–water partition coefficient (Wildman–Crippen LogP) is 0.00990. The predicted molar refractivity (Wildman–Crippen MR) is 66.6 cm³/mol. The summed E-state index contributed by atoms with van der Waals surface area (Å²) in [6.07, 6.45) is -3.29. The topological polar surface area (TPSA) is 106 Å². The number of sulfonamides is 2. The summed E-state index contributed by atoms with van der Waals surface area (Å²) in [5.41, 5.74) is -1.26. The van der Waals surface area contributed by atoms with Crippen LogP contribution in [0.15, 0.2) is 23.8 Å². The lowest BCUT2D eigenvalue weighted by Gasteiger charge is -2.34. The molecule has 11 heteroatoms.